The first-order valence-electron chi connectivity index (χ1n) is 6.89. The van der Waals surface area contributed by atoms with Gasteiger partial charge in [0.05, 0.1) is 12.4 Å². The van der Waals surface area contributed by atoms with Gasteiger partial charge in [0.2, 0.25) is 0 Å². The number of hydrogen-bond donors (Lipinski definition) is 1. The van der Waals surface area contributed by atoms with E-state index in [0.717, 1.165) is 30.0 Å². The molecule has 0 fully saturated rings. The smallest absolute Gasteiger partial charge is 0.157 e. The summed E-state index contributed by atoms with van der Waals surface area (Å²) < 4.78 is 13.1. The van der Waals surface area contributed by atoms with Gasteiger partial charge in [0.25, 0.3) is 0 Å². The van der Waals surface area contributed by atoms with Gasteiger partial charge in [0.1, 0.15) is 19.0 Å². The molecule has 0 radical (unpaired) electrons. The van der Waals surface area contributed by atoms with Crippen molar-refractivity contribution in [2.24, 2.45) is 5.73 Å². The predicted molar refractivity (Wildman–Crippen MR) is 77.8 cm³/mol. The van der Waals surface area contributed by atoms with Crippen LogP contribution >= 0.6 is 0 Å². The van der Waals surface area contributed by atoms with Gasteiger partial charge in [-0.3, -0.25) is 4.68 Å². The van der Waals surface area contributed by atoms with E-state index in [4.69, 9.17) is 15.2 Å². The van der Waals surface area contributed by atoms with E-state index in [9.17, 15) is 0 Å². The van der Waals surface area contributed by atoms with Crippen molar-refractivity contribution < 1.29 is 9.47 Å². The summed E-state index contributed by atoms with van der Waals surface area (Å²) in [5.41, 5.74) is 6.66. The number of aromatic nitrogens is 2. The van der Waals surface area contributed by atoms with Crippen molar-refractivity contribution in [1.29, 1.82) is 0 Å². The molecule has 0 spiro atoms. The molecule has 108 valence electrons. The summed E-state index contributed by atoms with van der Waals surface area (Å²) in [5.74, 6) is 1.59. The second kappa shape index (κ2) is 7.55. The maximum absolute atomic E-state index is 5.67. The molecule has 5 nitrogen and oxygen atoms in total. The molecule has 20 heavy (non-hydrogen) atoms. The highest BCUT2D eigenvalue weighted by Crippen LogP contribution is 2.17. The number of aryl methyl sites for hydroxylation is 1. The molecule has 0 aliphatic heterocycles. The van der Waals surface area contributed by atoms with E-state index >= 15 is 0 Å². The molecule has 0 unspecified atom stereocenters. The van der Waals surface area contributed by atoms with Crippen LogP contribution in [-0.2, 0) is 13.1 Å². The van der Waals surface area contributed by atoms with Gasteiger partial charge in [-0.1, -0.05) is 25.1 Å². The Kier molecular flexibility index (Phi) is 5.43. The molecule has 0 atom stereocenters. The third-order valence-corrected chi connectivity index (χ3v) is 2.86. The van der Waals surface area contributed by atoms with Crippen LogP contribution in [0, 0.1) is 0 Å². The number of benzene rings is 1. The number of hydrogen-bond acceptors (Lipinski definition) is 4. The lowest BCUT2D eigenvalue weighted by Crippen LogP contribution is -2.10. The first-order valence-corrected chi connectivity index (χ1v) is 6.89. The Morgan fingerprint density at radius 2 is 2.00 bits per heavy atom. The molecule has 0 aliphatic rings. The van der Waals surface area contributed by atoms with E-state index in [1.165, 1.54) is 0 Å². The summed E-state index contributed by atoms with van der Waals surface area (Å²) in [4.78, 5) is 0. The Morgan fingerprint density at radius 1 is 1.20 bits per heavy atom. The van der Waals surface area contributed by atoms with E-state index in [1.807, 2.05) is 35.1 Å². The maximum atomic E-state index is 5.67. The molecule has 1 heterocycles. The zero-order valence-electron chi connectivity index (χ0n) is 11.8. The average molecular weight is 275 g/mol. The van der Waals surface area contributed by atoms with Crippen molar-refractivity contribution in [3.05, 3.63) is 42.2 Å². The van der Waals surface area contributed by atoms with Gasteiger partial charge < -0.3 is 15.2 Å². The van der Waals surface area contributed by atoms with Gasteiger partial charge in [-0.2, -0.15) is 5.10 Å². The molecule has 2 rings (SSSR count). The minimum absolute atomic E-state index is 0.473. The fraction of sp³-hybridized carbons (Fsp3) is 0.400. The predicted octanol–water partition coefficient (Wildman–Crippen LogP) is 2.21. The third-order valence-electron chi connectivity index (χ3n) is 2.86. The topological polar surface area (TPSA) is 62.3 Å². The molecule has 1 aromatic carbocycles. The van der Waals surface area contributed by atoms with Crippen molar-refractivity contribution in [1.82, 2.24) is 9.78 Å². The third kappa shape index (κ3) is 3.99. The Hall–Kier alpha value is -2.01. The molecule has 0 amide bonds. The standard InChI is InChI=1S/C15H21N3O2/c1-2-7-18-12-14(11-17-18)19-8-9-20-15-6-4-3-5-13(15)10-16/h3-6,11-12H,2,7-10,16H2,1H3. The fourth-order valence-corrected chi connectivity index (χ4v) is 1.89. The molecular formula is C15H21N3O2. The van der Waals surface area contributed by atoms with Gasteiger partial charge in [-0.25, -0.2) is 0 Å². The molecule has 0 saturated heterocycles. The van der Waals surface area contributed by atoms with Crippen LogP contribution in [0.4, 0.5) is 0 Å². The Labute approximate surface area is 119 Å². The quantitative estimate of drug-likeness (QED) is 0.750. The van der Waals surface area contributed by atoms with E-state index in [1.54, 1.807) is 6.20 Å². The highest BCUT2D eigenvalue weighted by atomic mass is 16.5. The van der Waals surface area contributed by atoms with Crippen LogP contribution in [0.3, 0.4) is 0 Å². The summed E-state index contributed by atoms with van der Waals surface area (Å²) in [6, 6.07) is 7.77. The molecule has 0 bridgehead atoms. The first kappa shape index (κ1) is 14.4. The summed E-state index contributed by atoms with van der Waals surface area (Å²) >= 11 is 0. The number of nitrogens with zero attached hydrogens (tertiary/aromatic N) is 2. The minimum Gasteiger partial charge on any atom is -0.490 e. The second-order valence-corrected chi connectivity index (χ2v) is 4.45. The van der Waals surface area contributed by atoms with Crippen LogP contribution in [0.15, 0.2) is 36.7 Å². The molecular weight excluding hydrogens is 254 g/mol. The molecule has 5 heteroatoms. The highest BCUT2D eigenvalue weighted by Gasteiger charge is 2.02. The van der Waals surface area contributed by atoms with Crippen LogP contribution in [-0.4, -0.2) is 23.0 Å². The van der Waals surface area contributed by atoms with Crippen molar-refractivity contribution >= 4 is 0 Å². The van der Waals surface area contributed by atoms with Gasteiger partial charge in [-0.15, -0.1) is 0 Å². The Bertz CT molecular complexity index is 525. The van der Waals surface area contributed by atoms with Gasteiger partial charge in [-0.05, 0) is 12.5 Å². The summed E-state index contributed by atoms with van der Waals surface area (Å²) in [6.45, 7) is 4.46. The molecule has 1 aromatic heterocycles. The Morgan fingerprint density at radius 3 is 2.80 bits per heavy atom. The van der Waals surface area contributed by atoms with Gasteiger partial charge in [0, 0.05) is 18.7 Å². The fourth-order valence-electron chi connectivity index (χ4n) is 1.89. The molecule has 0 aliphatic carbocycles. The number of ether oxygens (including phenoxy) is 2. The number of rotatable bonds is 8. The zero-order valence-corrected chi connectivity index (χ0v) is 11.8. The average Bonchev–Trinajstić information content (AvgIpc) is 2.92. The number of nitrogens with two attached hydrogens (primary N) is 1. The van der Waals surface area contributed by atoms with Crippen LogP contribution in [0.1, 0.15) is 18.9 Å². The molecule has 2 aromatic rings. The second-order valence-electron chi connectivity index (χ2n) is 4.45. The SMILES string of the molecule is CCCn1cc(OCCOc2ccccc2CN)cn1. The monoisotopic (exact) mass is 275 g/mol. The first-order chi connectivity index (χ1) is 9.83. The lowest BCUT2D eigenvalue weighted by atomic mass is 10.2. The highest BCUT2D eigenvalue weighted by molar-refractivity contribution is 5.32. The van der Waals surface area contributed by atoms with Crippen molar-refractivity contribution in [3.8, 4) is 11.5 Å². The maximum Gasteiger partial charge on any atom is 0.157 e. The van der Waals surface area contributed by atoms with E-state index in [2.05, 4.69) is 12.0 Å². The van der Waals surface area contributed by atoms with Crippen LogP contribution < -0.4 is 15.2 Å². The van der Waals surface area contributed by atoms with E-state index < -0.39 is 0 Å². The normalized spacial score (nSPS) is 10.5. The minimum atomic E-state index is 0.473. The lowest BCUT2D eigenvalue weighted by molar-refractivity contribution is 0.216. The summed E-state index contributed by atoms with van der Waals surface area (Å²) in [6.07, 6.45) is 4.68. The van der Waals surface area contributed by atoms with Crippen LogP contribution in [0.2, 0.25) is 0 Å². The summed E-state index contributed by atoms with van der Waals surface area (Å²) in [7, 11) is 0. The van der Waals surface area contributed by atoms with Crippen molar-refractivity contribution in [2.75, 3.05) is 13.2 Å². The van der Waals surface area contributed by atoms with Crippen molar-refractivity contribution in [3.63, 3.8) is 0 Å². The largest absolute Gasteiger partial charge is 0.490 e. The Balaban J connectivity index is 1.75. The van der Waals surface area contributed by atoms with E-state index in [-0.39, 0.29) is 0 Å². The zero-order chi connectivity index (χ0) is 14.2. The van der Waals surface area contributed by atoms with Gasteiger partial charge >= 0.3 is 0 Å². The van der Waals surface area contributed by atoms with Crippen LogP contribution in [0.5, 0.6) is 11.5 Å². The van der Waals surface area contributed by atoms with Crippen molar-refractivity contribution in [2.45, 2.75) is 26.4 Å². The molecule has 2 N–H and O–H groups in total. The summed E-state index contributed by atoms with van der Waals surface area (Å²) in [5, 5.41) is 4.20. The molecule has 0 saturated carbocycles. The van der Waals surface area contributed by atoms with Crippen LogP contribution in [0.25, 0.3) is 0 Å². The number of para-hydroxylation sites is 1. The van der Waals surface area contributed by atoms with Gasteiger partial charge in [0.15, 0.2) is 5.75 Å². The lowest BCUT2D eigenvalue weighted by Gasteiger charge is -2.10. The van der Waals surface area contributed by atoms with E-state index in [0.29, 0.717) is 19.8 Å².